The molecule has 1 heterocycles. The molecule has 0 aliphatic carbocycles. The first-order valence-corrected chi connectivity index (χ1v) is 8.15. The number of unbranched alkanes of at least 4 members (excludes halogenated alkanes) is 2. The third kappa shape index (κ3) is 4.39. The zero-order valence-corrected chi connectivity index (χ0v) is 11.9. The number of hydrogen-bond donors (Lipinski definition) is 0. The predicted octanol–water partition coefficient (Wildman–Crippen LogP) is 3.82. The van der Waals surface area contributed by atoms with E-state index in [1.807, 2.05) is 0 Å². The van der Waals surface area contributed by atoms with Gasteiger partial charge in [-0.05, 0) is 25.1 Å². The fourth-order valence-electron chi connectivity index (χ4n) is 1.61. The van der Waals surface area contributed by atoms with Crippen LogP contribution < -0.4 is 0 Å². The summed E-state index contributed by atoms with van der Waals surface area (Å²) in [6, 6.07) is 0.755. The van der Waals surface area contributed by atoms with Crippen molar-refractivity contribution in [3.63, 3.8) is 0 Å². The van der Waals surface area contributed by atoms with Gasteiger partial charge in [-0.25, -0.2) is 4.58 Å². The summed E-state index contributed by atoms with van der Waals surface area (Å²) in [4.78, 5) is 0. The zero-order valence-electron chi connectivity index (χ0n) is 10.3. The Labute approximate surface area is 103 Å². The minimum Gasteiger partial charge on any atom is -0.215 e. The number of thioether (sulfide) groups is 2. The Morgan fingerprint density at radius 3 is 2.73 bits per heavy atom. The van der Waals surface area contributed by atoms with E-state index in [0.29, 0.717) is 0 Å². The third-order valence-electron chi connectivity index (χ3n) is 2.69. The molecule has 1 aliphatic rings. The van der Waals surface area contributed by atoms with E-state index in [4.69, 9.17) is 0 Å². The van der Waals surface area contributed by atoms with Gasteiger partial charge in [0.2, 0.25) is 0 Å². The van der Waals surface area contributed by atoms with Gasteiger partial charge in [0.05, 0.1) is 5.75 Å². The van der Waals surface area contributed by atoms with Crippen LogP contribution in [0.3, 0.4) is 0 Å². The second-order valence-corrected chi connectivity index (χ2v) is 6.53. The molecular weight excluding hydrogens is 222 g/mol. The summed E-state index contributed by atoms with van der Waals surface area (Å²) in [5.74, 6) is 2.59. The van der Waals surface area contributed by atoms with Gasteiger partial charge in [-0.3, -0.25) is 0 Å². The number of rotatable bonds is 6. The first-order chi connectivity index (χ1) is 7.29. The molecule has 1 aliphatic heterocycles. The van der Waals surface area contributed by atoms with Gasteiger partial charge in [0.1, 0.15) is 6.54 Å². The fraction of sp³-hybridized carbons (Fsp3) is 0.917. The highest BCUT2D eigenvalue weighted by Crippen LogP contribution is 2.26. The molecule has 0 aromatic heterocycles. The number of nitrogens with zero attached hydrogens (tertiary/aromatic N) is 1. The van der Waals surface area contributed by atoms with Crippen molar-refractivity contribution in [1.82, 2.24) is 0 Å². The van der Waals surface area contributed by atoms with Gasteiger partial charge in [0, 0.05) is 12.2 Å². The lowest BCUT2D eigenvalue weighted by Gasteiger charge is -2.05. The van der Waals surface area contributed by atoms with Gasteiger partial charge in [-0.15, -0.1) is 0 Å². The van der Waals surface area contributed by atoms with Crippen LogP contribution in [0, 0.1) is 0 Å². The lowest BCUT2D eigenvalue weighted by atomic mass is 10.3. The van der Waals surface area contributed by atoms with E-state index in [-0.39, 0.29) is 0 Å². The monoisotopic (exact) mass is 246 g/mol. The van der Waals surface area contributed by atoms with E-state index in [1.165, 1.54) is 43.7 Å². The van der Waals surface area contributed by atoms with Crippen molar-refractivity contribution in [3.05, 3.63) is 0 Å². The van der Waals surface area contributed by atoms with Gasteiger partial charge < -0.3 is 0 Å². The second kappa shape index (κ2) is 7.61. The van der Waals surface area contributed by atoms with Crippen molar-refractivity contribution in [1.29, 1.82) is 0 Å². The van der Waals surface area contributed by atoms with Crippen molar-refractivity contribution >= 4 is 27.9 Å². The molecule has 3 heteroatoms. The highest BCUT2D eigenvalue weighted by molar-refractivity contribution is 8.38. The Morgan fingerprint density at radius 1 is 1.33 bits per heavy atom. The van der Waals surface area contributed by atoms with E-state index < -0.39 is 0 Å². The largest absolute Gasteiger partial charge is 0.270 e. The molecule has 0 radical (unpaired) electrons. The second-order valence-electron chi connectivity index (χ2n) is 4.17. The molecular formula is C12H24NS2+. The Hall–Kier alpha value is 0.370. The number of hydrogen-bond acceptors (Lipinski definition) is 2. The highest BCUT2D eigenvalue weighted by Gasteiger charge is 2.29. The summed E-state index contributed by atoms with van der Waals surface area (Å²) in [6.07, 6.45) is 5.31. The normalized spacial score (nSPS) is 21.4. The van der Waals surface area contributed by atoms with E-state index in [9.17, 15) is 0 Å². The Kier molecular flexibility index (Phi) is 6.82. The standard InChI is InChI=1S/C12H24NS2/c1-4-6-8-13-11(3)10-15-12(13)14-9-7-5-2/h11H,4-10H2,1-3H3/q+1. The molecule has 1 unspecified atom stereocenters. The maximum atomic E-state index is 2.62. The zero-order chi connectivity index (χ0) is 11.1. The average molecular weight is 246 g/mol. The van der Waals surface area contributed by atoms with E-state index in [2.05, 4.69) is 48.9 Å². The van der Waals surface area contributed by atoms with Crippen LogP contribution in [0.1, 0.15) is 46.5 Å². The van der Waals surface area contributed by atoms with Crippen molar-refractivity contribution in [3.8, 4) is 0 Å². The van der Waals surface area contributed by atoms with Crippen LogP contribution >= 0.6 is 23.5 Å². The SMILES string of the molecule is CCCCSC1=[N+](CCCC)C(C)CS1. The Balaban J connectivity index is 2.43. The van der Waals surface area contributed by atoms with Gasteiger partial charge in [0.15, 0.2) is 6.04 Å². The minimum atomic E-state index is 0.755. The van der Waals surface area contributed by atoms with Gasteiger partial charge in [-0.1, -0.05) is 38.5 Å². The first-order valence-electron chi connectivity index (χ1n) is 6.18. The highest BCUT2D eigenvalue weighted by atomic mass is 32.2. The average Bonchev–Trinajstić information content (AvgIpc) is 2.58. The lowest BCUT2D eigenvalue weighted by Crippen LogP contribution is -2.23. The van der Waals surface area contributed by atoms with Crippen LogP contribution in [0.25, 0.3) is 0 Å². The minimum absolute atomic E-state index is 0.755. The van der Waals surface area contributed by atoms with E-state index in [1.54, 1.807) is 4.38 Å². The molecule has 0 spiro atoms. The summed E-state index contributed by atoms with van der Waals surface area (Å²) in [5.41, 5.74) is 0. The molecule has 0 fully saturated rings. The molecule has 0 aromatic carbocycles. The van der Waals surface area contributed by atoms with Crippen molar-refractivity contribution in [2.45, 2.75) is 52.5 Å². The summed E-state index contributed by atoms with van der Waals surface area (Å²) in [5, 5.41) is 0. The predicted molar refractivity (Wildman–Crippen MR) is 74.3 cm³/mol. The van der Waals surface area contributed by atoms with Crippen LogP contribution in [0.2, 0.25) is 0 Å². The van der Waals surface area contributed by atoms with Crippen molar-refractivity contribution in [2.75, 3.05) is 18.1 Å². The molecule has 1 rings (SSSR count). The maximum Gasteiger partial charge on any atom is 0.270 e. The topological polar surface area (TPSA) is 3.01 Å². The van der Waals surface area contributed by atoms with E-state index in [0.717, 1.165) is 6.04 Å². The van der Waals surface area contributed by atoms with Gasteiger partial charge >= 0.3 is 0 Å². The van der Waals surface area contributed by atoms with Crippen LogP contribution in [0.4, 0.5) is 0 Å². The third-order valence-corrected chi connectivity index (χ3v) is 5.50. The van der Waals surface area contributed by atoms with Crippen LogP contribution in [0.5, 0.6) is 0 Å². The molecule has 0 bridgehead atoms. The van der Waals surface area contributed by atoms with E-state index >= 15 is 0 Å². The molecule has 0 amide bonds. The molecule has 0 N–H and O–H groups in total. The summed E-state index contributed by atoms with van der Waals surface area (Å²) in [6.45, 7) is 8.16. The maximum absolute atomic E-state index is 2.62. The quantitative estimate of drug-likeness (QED) is 0.517. The summed E-state index contributed by atoms with van der Waals surface area (Å²) in [7, 11) is 0. The van der Waals surface area contributed by atoms with Gasteiger partial charge in [-0.2, -0.15) is 0 Å². The fourth-order valence-corrected chi connectivity index (χ4v) is 4.45. The molecule has 0 aromatic rings. The Morgan fingerprint density at radius 2 is 2.07 bits per heavy atom. The van der Waals surface area contributed by atoms with Crippen molar-refractivity contribution < 1.29 is 4.58 Å². The smallest absolute Gasteiger partial charge is 0.215 e. The molecule has 15 heavy (non-hydrogen) atoms. The van der Waals surface area contributed by atoms with Crippen LogP contribution in [-0.2, 0) is 0 Å². The first kappa shape index (κ1) is 13.4. The summed E-state index contributed by atoms with van der Waals surface area (Å²) >= 11 is 4.14. The van der Waals surface area contributed by atoms with Crippen molar-refractivity contribution in [2.24, 2.45) is 0 Å². The Bertz CT molecular complexity index is 214. The van der Waals surface area contributed by atoms with Gasteiger partial charge in [0.25, 0.3) is 4.38 Å². The molecule has 88 valence electrons. The van der Waals surface area contributed by atoms with Crippen LogP contribution in [-0.4, -0.2) is 33.0 Å². The molecule has 1 nitrogen and oxygen atoms in total. The van der Waals surface area contributed by atoms with Crippen LogP contribution in [0.15, 0.2) is 0 Å². The summed E-state index contributed by atoms with van der Waals surface area (Å²) < 4.78 is 4.21. The molecule has 0 saturated carbocycles. The molecule has 1 atom stereocenters. The molecule has 0 saturated heterocycles. The lowest BCUT2D eigenvalue weighted by molar-refractivity contribution is -0.549.